The highest BCUT2D eigenvalue weighted by molar-refractivity contribution is 7.15. The molecule has 0 atom stereocenters. The lowest BCUT2D eigenvalue weighted by Gasteiger charge is -2.05. The molecule has 9 nitrogen and oxygen atoms in total. The Labute approximate surface area is 188 Å². The standard InChI is InChI=1S/C15H14F4N6OS.C2HF3O2/c16-13(17)8(4-20)3-12-22-23-15(26)24(12)7-10-1-2-11(27-10)9-5-21-25(6-9)14(18)19;3-2(4,5)1(6)7/h1-2,5-6,14H,3-4,7,20H2,(H,23,26);(H,6,7). The SMILES string of the molecule is NCC(Cc1n[nH]c(=O)n1Cc1ccc(-c2cnn(C(F)F)c2)s1)=C(F)F.O=C(O)C(F)(F)F. The number of carboxylic acid groups (broad SMARTS) is 1. The first-order valence-corrected chi connectivity index (χ1v) is 9.73. The van der Waals surface area contributed by atoms with Crippen LogP contribution in [-0.2, 0) is 17.8 Å². The summed E-state index contributed by atoms with van der Waals surface area (Å²) in [5.41, 5.74) is 4.97. The fourth-order valence-corrected chi connectivity index (χ4v) is 3.37. The highest BCUT2D eigenvalue weighted by Gasteiger charge is 2.38. The van der Waals surface area contributed by atoms with Gasteiger partial charge < -0.3 is 10.8 Å². The Morgan fingerprint density at radius 3 is 2.41 bits per heavy atom. The predicted molar refractivity (Wildman–Crippen MR) is 104 cm³/mol. The smallest absolute Gasteiger partial charge is 0.475 e. The number of thiophene rings is 1. The maximum atomic E-state index is 12.8. The van der Waals surface area contributed by atoms with E-state index in [-0.39, 0.29) is 30.9 Å². The average Bonchev–Trinajstić information content (AvgIpc) is 3.47. The van der Waals surface area contributed by atoms with E-state index < -0.39 is 30.5 Å². The number of aromatic nitrogens is 5. The third-order valence-electron chi connectivity index (χ3n) is 4.03. The molecule has 0 saturated carbocycles. The molecule has 0 bridgehead atoms. The van der Waals surface area contributed by atoms with Crippen molar-refractivity contribution in [2.45, 2.75) is 25.7 Å². The molecule has 0 aliphatic heterocycles. The first kappa shape index (κ1) is 26.8. The van der Waals surface area contributed by atoms with Crippen LogP contribution in [0.25, 0.3) is 10.4 Å². The molecular weight excluding hydrogens is 501 g/mol. The van der Waals surface area contributed by atoms with Crippen LogP contribution in [0.2, 0.25) is 0 Å². The third kappa shape index (κ3) is 7.01. The van der Waals surface area contributed by atoms with Gasteiger partial charge in [0.25, 0.3) is 6.08 Å². The molecule has 0 aliphatic rings. The fourth-order valence-electron chi connectivity index (χ4n) is 2.40. The molecule has 0 spiro atoms. The van der Waals surface area contributed by atoms with Crippen molar-refractivity contribution in [3.63, 3.8) is 0 Å². The Kier molecular flexibility index (Phi) is 8.74. The summed E-state index contributed by atoms with van der Waals surface area (Å²) in [5, 5.41) is 16.7. The van der Waals surface area contributed by atoms with Gasteiger partial charge in [-0.15, -0.1) is 11.3 Å². The summed E-state index contributed by atoms with van der Waals surface area (Å²) >= 11 is 1.27. The van der Waals surface area contributed by atoms with Gasteiger partial charge in [-0.05, 0) is 12.1 Å². The summed E-state index contributed by atoms with van der Waals surface area (Å²) in [6.45, 7) is -2.98. The molecule has 17 heteroatoms. The van der Waals surface area contributed by atoms with E-state index in [4.69, 9.17) is 15.6 Å². The highest BCUT2D eigenvalue weighted by atomic mass is 32.1. The Morgan fingerprint density at radius 2 is 1.91 bits per heavy atom. The van der Waals surface area contributed by atoms with E-state index in [0.29, 0.717) is 15.1 Å². The summed E-state index contributed by atoms with van der Waals surface area (Å²) in [6, 6.07) is 3.43. The quantitative estimate of drug-likeness (QED) is 0.414. The van der Waals surface area contributed by atoms with Crippen LogP contribution in [0.1, 0.15) is 17.3 Å². The van der Waals surface area contributed by atoms with Crippen LogP contribution in [0.4, 0.5) is 30.7 Å². The fraction of sp³-hybridized carbons (Fsp3) is 0.294. The number of hydrogen-bond acceptors (Lipinski definition) is 6. The number of carboxylic acids is 1. The maximum absolute atomic E-state index is 12.8. The van der Waals surface area contributed by atoms with Crippen molar-refractivity contribution in [3.05, 3.63) is 57.4 Å². The maximum Gasteiger partial charge on any atom is 0.490 e. The minimum Gasteiger partial charge on any atom is -0.475 e. The van der Waals surface area contributed by atoms with E-state index in [2.05, 4.69) is 15.3 Å². The second-order valence-electron chi connectivity index (χ2n) is 6.33. The van der Waals surface area contributed by atoms with Gasteiger partial charge in [-0.2, -0.15) is 40.9 Å². The first-order chi connectivity index (χ1) is 15.8. The number of carbonyl (C=O) groups is 1. The van der Waals surface area contributed by atoms with Crippen LogP contribution in [0, 0.1) is 0 Å². The topological polar surface area (TPSA) is 132 Å². The van der Waals surface area contributed by atoms with Gasteiger partial charge in [0.05, 0.1) is 12.7 Å². The molecule has 0 unspecified atom stereocenters. The summed E-state index contributed by atoms with van der Waals surface area (Å²) < 4.78 is 84.4. The van der Waals surface area contributed by atoms with Crippen LogP contribution >= 0.6 is 11.3 Å². The van der Waals surface area contributed by atoms with E-state index in [0.717, 1.165) is 4.88 Å². The number of alkyl halides is 5. The number of aliphatic carboxylic acids is 1. The summed E-state index contributed by atoms with van der Waals surface area (Å²) in [7, 11) is 0. The molecule has 4 N–H and O–H groups in total. The van der Waals surface area contributed by atoms with Gasteiger partial charge >= 0.3 is 24.4 Å². The number of nitrogens with one attached hydrogen (secondary N) is 1. The summed E-state index contributed by atoms with van der Waals surface area (Å²) in [5.74, 6) is -2.62. The lowest BCUT2D eigenvalue weighted by atomic mass is 10.2. The summed E-state index contributed by atoms with van der Waals surface area (Å²) in [4.78, 5) is 22.3. The molecule has 3 heterocycles. The van der Waals surface area contributed by atoms with Crippen molar-refractivity contribution in [2.75, 3.05) is 6.54 Å². The second kappa shape index (κ2) is 11.1. The van der Waals surface area contributed by atoms with E-state index in [1.54, 1.807) is 12.1 Å². The van der Waals surface area contributed by atoms with E-state index in [1.807, 2.05) is 0 Å². The second-order valence-corrected chi connectivity index (χ2v) is 7.50. The molecular formula is C17H15F7N6O3S. The number of halogens is 7. The van der Waals surface area contributed by atoms with Crippen molar-refractivity contribution < 1.29 is 40.6 Å². The van der Waals surface area contributed by atoms with E-state index in [1.165, 1.54) is 28.3 Å². The van der Waals surface area contributed by atoms with Crippen molar-refractivity contribution in [3.8, 4) is 10.4 Å². The Balaban J connectivity index is 0.000000509. The highest BCUT2D eigenvalue weighted by Crippen LogP contribution is 2.29. The van der Waals surface area contributed by atoms with Crippen LogP contribution in [0.5, 0.6) is 0 Å². The van der Waals surface area contributed by atoms with Crippen molar-refractivity contribution in [1.29, 1.82) is 0 Å². The number of hydrogen-bond donors (Lipinski definition) is 3. The Morgan fingerprint density at radius 1 is 1.26 bits per heavy atom. The molecule has 0 aliphatic carbocycles. The number of H-pyrrole nitrogens is 1. The van der Waals surface area contributed by atoms with Gasteiger partial charge in [0.15, 0.2) is 0 Å². The van der Waals surface area contributed by atoms with Crippen LogP contribution in [0.3, 0.4) is 0 Å². The molecule has 0 saturated heterocycles. The lowest BCUT2D eigenvalue weighted by Crippen LogP contribution is -2.21. The van der Waals surface area contributed by atoms with Gasteiger partial charge in [0.1, 0.15) is 5.82 Å². The van der Waals surface area contributed by atoms with Crippen LogP contribution < -0.4 is 11.4 Å². The van der Waals surface area contributed by atoms with E-state index in [9.17, 15) is 35.5 Å². The lowest BCUT2D eigenvalue weighted by molar-refractivity contribution is -0.192. The molecule has 186 valence electrons. The minimum absolute atomic E-state index is 0.101. The number of nitrogens with two attached hydrogens (primary N) is 1. The number of rotatable bonds is 7. The number of aromatic amines is 1. The van der Waals surface area contributed by atoms with Crippen molar-refractivity contribution in [1.82, 2.24) is 24.5 Å². The number of nitrogens with zero attached hydrogens (tertiary/aromatic N) is 4. The molecule has 0 fully saturated rings. The van der Waals surface area contributed by atoms with Gasteiger partial charge in [0.2, 0.25) is 0 Å². The van der Waals surface area contributed by atoms with Gasteiger partial charge in [0, 0.05) is 40.1 Å². The zero-order valence-electron chi connectivity index (χ0n) is 16.7. The third-order valence-corrected chi connectivity index (χ3v) is 5.15. The van der Waals surface area contributed by atoms with Gasteiger partial charge in [-0.3, -0.25) is 4.57 Å². The molecule has 0 amide bonds. The summed E-state index contributed by atoms with van der Waals surface area (Å²) in [6.07, 6.45) is -4.69. The molecule has 3 aromatic heterocycles. The predicted octanol–water partition coefficient (Wildman–Crippen LogP) is 3.22. The molecule has 0 aromatic carbocycles. The van der Waals surface area contributed by atoms with Crippen LogP contribution in [0.15, 0.2) is 41.0 Å². The van der Waals surface area contributed by atoms with Crippen LogP contribution in [-0.4, -0.2) is 48.3 Å². The zero-order valence-corrected chi connectivity index (χ0v) is 17.5. The van der Waals surface area contributed by atoms with Crippen molar-refractivity contribution >= 4 is 17.3 Å². The molecule has 34 heavy (non-hydrogen) atoms. The van der Waals surface area contributed by atoms with E-state index >= 15 is 0 Å². The Hall–Kier alpha value is -3.47. The van der Waals surface area contributed by atoms with Gasteiger partial charge in [-0.25, -0.2) is 19.4 Å². The molecule has 3 rings (SSSR count). The molecule has 3 aromatic rings. The zero-order chi connectivity index (χ0) is 25.6. The van der Waals surface area contributed by atoms with Gasteiger partial charge in [-0.1, -0.05) is 0 Å². The average molecular weight is 516 g/mol. The largest absolute Gasteiger partial charge is 0.490 e. The monoisotopic (exact) mass is 516 g/mol. The Bertz CT molecular complexity index is 1210. The first-order valence-electron chi connectivity index (χ1n) is 8.92. The normalized spacial score (nSPS) is 11.3. The van der Waals surface area contributed by atoms with Crippen molar-refractivity contribution in [2.24, 2.45) is 5.73 Å². The molecule has 0 radical (unpaired) electrons. The minimum atomic E-state index is -5.08.